The first-order chi connectivity index (χ1) is 15.8. The zero-order valence-electron chi connectivity index (χ0n) is 19.5. The Morgan fingerprint density at radius 2 is 1.94 bits per heavy atom. The van der Waals surface area contributed by atoms with E-state index in [1.54, 1.807) is 0 Å². The maximum Gasteiger partial charge on any atom is 0.226 e. The Morgan fingerprint density at radius 1 is 1.21 bits per heavy atom. The summed E-state index contributed by atoms with van der Waals surface area (Å²) < 4.78 is 5.83. The Hall–Kier alpha value is -1.75. The van der Waals surface area contributed by atoms with E-state index in [0.717, 1.165) is 24.8 Å². The van der Waals surface area contributed by atoms with Gasteiger partial charge in [0.1, 0.15) is 5.75 Å². The van der Waals surface area contributed by atoms with Crippen molar-refractivity contribution >= 4 is 29.1 Å². The maximum absolute atomic E-state index is 13.1. The molecule has 0 unspecified atom stereocenters. The molecule has 0 spiro atoms. The summed E-state index contributed by atoms with van der Waals surface area (Å²) in [4.78, 5) is 13.1. The van der Waals surface area contributed by atoms with E-state index < -0.39 is 0 Å². The van der Waals surface area contributed by atoms with Crippen LogP contribution in [0.15, 0.2) is 42.5 Å². The van der Waals surface area contributed by atoms with Crippen molar-refractivity contribution in [2.45, 2.75) is 57.9 Å². The number of benzene rings is 2. The molecule has 0 radical (unpaired) electrons. The zero-order valence-corrected chi connectivity index (χ0v) is 21.0. The Morgan fingerprint density at radius 3 is 2.58 bits per heavy atom. The summed E-state index contributed by atoms with van der Waals surface area (Å²) in [6.07, 6.45) is 2.56. The van der Waals surface area contributed by atoms with Crippen LogP contribution >= 0.6 is 23.2 Å². The minimum absolute atomic E-state index is 0.0622. The lowest BCUT2D eigenvalue weighted by atomic mass is 9.54. The molecule has 0 bridgehead atoms. The number of halogens is 2. The van der Waals surface area contributed by atoms with E-state index in [1.807, 2.05) is 31.2 Å². The van der Waals surface area contributed by atoms with Gasteiger partial charge in [-0.05, 0) is 73.4 Å². The van der Waals surface area contributed by atoms with Gasteiger partial charge in [-0.2, -0.15) is 0 Å². The van der Waals surface area contributed by atoms with Crippen LogP contribution in [-0.4, -0.2) is 30.3 Å². The van der Waals surface area contributed by atoms with Gasteiger partial charge in [0.15, 0.2) is 0 Å². The predicted octanol–water partition coefficient (Wildman–Crippen LogP) is 6.19. The molecule has 4 rings (SSSR count). The number of aliphatic hydroxyl groups is 1. The lowest BCUT2D eigenvalue weighted by Crippen LogP contribution is -2.43. The van der Waals surface area contributed by atoms with Crippen LogP contribution in [0.2, 0.25) is 10.0 Å². The zero-order chi connectivity index (χ0) is 23.8. The monoisotopic (exact) mass is 489 g/mol. The Labute approximate surface area is 206 Å². The second kappa shape index (κ2) is 9.85. The summed E-state index contributed by atoms with van der Waals surface area (Å²) in [6, 6.07) is 14.1. The van der Waals surface area contributed by atoms with Crippen LogP contribution in [0.25, 0.3) is 0 Å². The molecule has 2 N–H and O–H groups in total. The van der Waals surface area contributed by atoms with E-state index >= 15 is 0 Å². The van der Waals surface area contributed by atoms with E-state index in [9.17, 15) is 9.90 Å². The number of amides is 1. The molecule has 6 atom stereocenters. The van der Waals surface area contributed by atoms with Crippen LogP contribution in [0, 0.1) is 17.3 Å². The van der Waals surface area contributed by atoms with Gasteiger partial charge in [-0.1, -0.05) is 55.2 Å². The molecule has 2 aromatic carbocycles. The SMILES string of the molecule is CC[C@@]12CC[C@@H](c3ccc(OC[C@@H](C)CO)cc3Cl)[C@H](c3ccc(Cl)cc3)[C@@H]1[C@@H](C)NC2=O. The molecular weight excluding hydrogens is 457 g/mol. The minimum Gasteiger partial charge on any atom is -0.493 e. The Kier molecular flexibility index (Phi) is 7.28. The molecule has 1 saturated carbocycles. The van der Waals surface area contributed by atoms with Crippen LogP contribution < -0.4 is 10.1 Å². The Balaban J connectivity index is 1.73. The molecule has 6 heteroatoms. The van der Waals surface area contributed by atoms with Crippen LogP contribution in [0.4, 0.5) is 0 Å². The molecule has 33 heavy (non-hydrogen) atoms. The van der Waals surface area contributed by atoms with Gasteiger partial charge in [0.25, 0.3) is 0 Å². The number of nitrogens with one attached hydrogen (secondary N) is 1. The van der Waals surface area contributed by atoms with E-state index in [4.69, 9.17) is 27.9 Å². The second-order valence-corrected chi connectivity index (χ2v) is 10.6. The number of carbonyl (C=O) groups excluding carboxylic acids is 1. The first kappa shape index (κ1) is 24.4. The van der Waals surface area contributed by atoms with Crippen LogP contribution in [0.1, 0.15) is 63.0 Å². The highest BCUT2D eigenvalue weighted by Gasteiger charge is 2.59. The number of carbonyl (C=O) groups is 1. The molecule has 2 aliphatic rings. The van der Waals surface area contributed by atoms with Gasteiger partial charge in [-0.3, -0.25) is 4.79 Å². The van der Waals surface area contributed by atoms with E-state index in [2.05, 4.69) is 37.4 Å². The first-order valence-corrected chi connectivity index (χ1v) is 12.7. The molecule has 1 saturated heterocycles. The second-order valence-electron chi connectivity index (χ2n) is 9.80. The average Bonchev–Trinajstić information content (AvgIpc) is 3.07. The van der Waals surface area contributed by atoms with Crippen molar-refractivity contribution < 1.29 is 14.6 Å². The third-order valence-corrected chi connectivity index (χ3v) is 8.39. The van der Waals surface area contributed by atoms with Crippen LogP contribution in [0.3, 0.4) is 0 Å². The van der Waals surface area contributed by atoms with Crippen molar-refractivity contribution in [2.24, 2.45) is 17.3 Å². The molecule has 1 aliphatic heterocycles. The minimum atomic E-state index is -0.351. The van der Waals surface area contributed by atoms with E-state index in [-0.39, 0.29) is 47.6 Å². The number of rotatable bonds is 7. The number of aliphatic hydroxyl groups excluding tert-OH is 1. The predicted molar refractivity (Wildman–Crippen MR) is 133 cm³/mol. The highest BCUT2D eigenvalue weighted by atomic mass is 35.5. The molecule has 178 valence electrons. The summed E-state index contributed by atoms with van der Waals surface area (Å²) >= 11 is 13.0. The topological polar surface area (TPSA) is 58.6 Å². The lowest BCUT2D eigenvalue weighted by Gasteiger charge is -2.47. The highest BCUT2D eigenvalue weighted by molar-refractivity contribution is 6.31. The van der Waals surface area contributed by atoms with E-state index in [1.165, 1.54) is 5.56 Å². The van der Waals surface area contributed by atoms with Gasteiger partial charge in [-0.25, -0.2) is 0 Å². The highest BCUT2D eigenvalue weighted by Crippen LogP contribution is 2.60. The molecule has 2 fully saturated rings. The van der Waals surface area contributed by atoms with E-state index in [0.29, 0.717) is 22.4 Å². The Bertz CT molecular complexity index is 995. The van der Waals surface area contributed by atoms with Gasteiger partial charge in [0, 0.05) is 34.5 Å². The van der Waals surface area contributed by atoms with Gasteiger partial charge in [0.05, 0.1) is 12.0 Å². The third kappa shape index (κ3) is 4.50. The molecule has 1 heterocycles. The standard InChI is InChI=1S/C27H33Cl2NO3/c1-4-27-12-11-22(21-10-9-20(13-23(21)29)33-15-16(2)14-31)24(18-5-7-19(28)8-6-18)25(27)17(3)30-26(27)32/h5-10,13,16-17,22,24-25,31H,4,11-12,14-15H2,1-3H3,(H,30,32)/t16-,17+,22-,24-,25-,27+/m0/s1. The molecule has 2 aromatic rings. The summed E-state index contributed by atoms with van der Waals surface area (Å²) in [5, 5.41) is 13.9. The fourth-order valence-corrected chi connectivity index (χ4v) is 6.52. The fourth-order valence-electron chi connectivity index (χ4n) is 6.08. The average molecular weight is 490 g/mol. The summed E-state index contributed by atoms with van der Waals surface area (Å²) in [7, 11) is 0. The van der Waals surface area contributed by atoms with Crippen molar-refractivity contribution in [2.75, 3.05) is 13.2 Å². The van der Waals surface area contributed by atoms with Crippen molar-refractivity contribution in [1.82, 2.24) is 5.32 Å². The van der Waals surface area contributed by atoms with Crippen molar-refractivity contribution in [3.63, 3.8) is 0 Å². The van der Waals surface area contributed by atoms with Gasteiger partial charge < -0.3 is 15.2 Å². The summed E-state index contributed by atoms with van der Waals surface area (Å²) in [5.74, 6) is 1.46. The quantitative estimate of drug-likeness (QED) is 0.487. The first-order valence-electron chi connectivity index (χ1n) is 11.9. The van der Waals surface area contributed by atoms with Crippen LogP contribution in [-0.2, 0) is 4.79 Å². The third-order valence-electron chi connectivity index (χ3n) is 7.81. The fraction of sp³-hybridized carbons (Fsp3) is 0.519. The van der Waals surface area contributed by atoms with Crippen molar-refractivity contribution in [3.05, 3.63) is 63.6 Å². The number of hydrogen-bond donors (Lipinski definition) is 2. The van der Waals surface area contributed by atoms with Gasteiger partial charge >= 0.3 is 0 Å². The van der Waals surface area contributed by atoms with Gasteiger partial charge in [-0.15, -0.1) is 0 Å². The molecule has 1 amide bonds. The normalized spacial score (nSPS) is 29.9. The van der Waals surface area contributed by atoms with Gasteiger partial charge in [0.2, 0.25) is 5.91 Å². The molecular formula is C27H33Cl2NO3. The number of hydrogen-bond acceptors (Lipinski definition) is 3. The molecule has 1 aliphatic carbocycles. The molecule has 4 nitrogen and oxygen atoms in total. The van der Waals surface area contributed by atoms with Crippen LogP contribution in [0.5, 0.6) is 5.75 Å². The smallest absolute Gasteiger partial charge is 0.226 e. The largest absolute Gasteiger partial charge is 0.493 e. The number of fused-ring (bicyclic) bond motifs is 1. The number of ether oxygens (including phenoxy) is 1. The lowest BCUT2D eigenvalue weighted by molar-refractivity contribution is -0.131. The van der Waals surface area contributed by atoms with Crippen molar-refractivity contribution in [1.29, 1.82) is 0 Å². The maximum atomic E-state index is 13.1. The van der Waals surface area contributed by atoms with Crippen molar-refractivity contribution in [3.8, 4) is 5.75 Å². The molecule has 0 aromatic heterocycles. The summed E-state index contributed by atoms with van der Waals surface area (Å²) in [5.41, 5.74) is 1.94. The summed E-state index contributed by atoms with van der Waals surface area (Å²) in [6.45, 7) is 6.73.